The van der Waals surface area contributed by atoms with Crippen LogP contribution in [0.3, 0.4) is 0 Å². The monoisotopic (exact) mass is 255 g/mol. The Morgan fingerprint density at radius 1 is 1.11 bits per heavy atom. The fourth-order valence-corrected chi connectivity index (χ4v) is 2.01. The van der Waals surface area contributed by atoms with E-state index in [4.69, 9.17) is 0 Å². The third kappa shape index (κ3) is 4.36. The van der Waals surface area contributed by atoms with Gasteiger partial charge in [-0.1, -0.05) is 43.7 Å². The number of rotatable bonds is 7. The molecular weight excluding hydrogens is 234 g/mol. The third-order valence-electron chi connectivity index (χ3n) is 3.14. The minimum Gasteiger partial charge on any atom is -0.370 e. The summed E-state index contributed by atoms with van der Waals surface area (Å²) in [4.78, 5) is 8.48. The van der Waals surface area contributed by atoms with Gasteiger partial charge in [0.15, 0.2) is 0 Å². The molecule has 0 bridgehead atoms. The molecule has 0 saturated heterocycles. The van der Waals surface area contributed by atoms with Crippen molar-refractivity contribution < 1.29 is 0 Å². The van der Waals surface area contributed by atoms with Crippen molar-refractivity contribution in [1.29, 1.82) is 0 Å². The molecule has 0 spiro atoms. The summed E-state index contributed by atoms with van der Waals surface area (Å²) in [6, 6.07) is 10.5. The van der Waals surface area contributed by atoms with E-state index in [0.29, 0.717) is 0 Å². The standard InChI is InChI=1S/C16H21N3/c1-2-3-11-18-16-15(12-17-13-19-16)10-9-14-7-5-4-6-8-14/h4-8,12-13H,2-3,9-11H2,1H3,(H,17,18,19). The van der Waals surface area contributed by atoms with Gasteiger partial charge in [0.1, 0.15) is 12.1 Å². The van der Waals surface area contributed by atoms with Gasteiger partial charge in [-0.25, -0.2) is 9.97 Å². The van der Waals surface area contributed by atoms with Crippen molar-refractivity contribution in [3.63, 3.8) is 0 Å². The van der Waals surface area contributed by atoms with E-state index < -0.39 is 0 Å². The van der Waals surface area contributed by atoms with Crippen LogP contribution >= 0.6 is 0 Å². The van der Waals surface area contributed by atoms with Gasteiger partial charge in [0.05, 0.1) is 0 Å². The molecule has 19 heavy (non-hydrogen) atoms. The van der Waals surface area contributed by atoms with Crippen molar-refractivity contribution in [3.8, 4) is 0 Å². The van der Waals surface area contributed by atoms with Gasteiger partial charge in [-0.05, 0) is 24.8 Å². The maximum Gasteiger partial charge on any atom is 0.132 e. The lowest BCUT2D eigenvalue weighted by atomic mass is 10.1. The molecular formula is C16H21N3. The van der Waals surface area contributed by atoms with E-state index >= 15 is 0 Å². The average Bonchev–Trinajstić information content (AvgIpc) is 2.48. The summed E-state index contributed by atoms with van der Waals surface area (Å²) in [6.07, 6.45) is 7.89. The molecule has 0 fully saturated rings. The van der Waals surface area contributed by atoms with E-state index in [1.54, 1.807) is 6.33 Å². The smallest absolute Gasteiger partial charge is 0.132 e. The number of aromatic nitrogens is 2. The highest BCUT2D eigenvalue weighted by Gasteiger charge is 2.03. The maximum atomic E-state index is 4.34. The first-order chi connectivity index (χ1) is 9.40. The molecule has 1 aromatic heterocycles. The Balaban J connectivity index is 1.95. The van der Waals surface area contributed by atoms with Crippen molar-refractivity contribution in [3.05, 3.63) is 54.0 Å². The number of anilines is 1. The van der Waals surface area contributed by atoms with Crippen LogP contribution in [0.5, 0.6) is 0 Å². The van der Waals surface area contributed by atoms with Crippen LogP contribution < -0.4 is 5.32 Å². The third-order valence-corrected chi connectivity index (χ3v) is 3.14. The predicted octanol–water partition coefficient (Wildman–Crippen LogP) is 3.47. The van der Waals surface area contributed by atoms with Crippen LogP contribution in [-0.2, 0) is 12.8 Å². The Hall–Kier alpha value is -1.90. The molecule has 3 nitrogen and oxygen atoms in total. The van der Waals surface area contributed by atoms with Gasteiger partial charge in [0.25, 0.3) is 0 Å². The molecule has 1 N–H and O–H groups in total. The second-order valence-electron chi connectivity index (χ2n) is 4.66. The molecule has 0 amide bonds. The lowest BCUT2D eigenvalue weighted by molar-refractivity contribution is 0.825. The van der Waals surface area contributed by atoms with Gasteiger partial charge in [-0.15, -0.1) is 0 Å². The van der Waals surface area contributed by atoms with E-state index in [1.807, 2.05) is 12.3 Å². The van der Waals surface area contributed by atoms with Crippen LogP contribution in [0.15, 0.2) is 42.9 Å². The molecule has 0 radical (unpaired) electrons. The van der Waals surface area contributed by atoms with Crippen LogP contribution in [-0.4, -0.2) is 16.5 Å². The fraction of sp³-hybridized carbons (Fsp3) is 0.375. The molecule has 0 atom stereocenters. The molecule has 2 rings (SSSR count). The van der Waals surface area contributed by atoms with Crippen LogP contribution in [0.1, 0.15) is 30.9 Å². The van der Waals surface area contributed by atoms with Crippen molar-refractivity contribution >= 4 is 5.82 Å². The summed E-state index contributed by atoms with van der Waals surface area (Å²) in [6.45, 7) is 3.17. The number of nitrogens with zero attached hydrogens (tertiary/aromatic N) is 2. The zero-order valence-corrected chi connectivity index (χ0v) is 11.5. The van der Waals surface area contributed by atoms with E-state index in [9.17, 15) is 0 Å². The van der Waals surface area contributed by atoms with Crippen molar-refractivity contribution in [2.24, 2.45) is 0 Å². The number of nitrogens with one attached hydrogen (secondary N) is 1. The van der Waals surface area contributed by atoms with Gasteiger partial charge >= 0.3 is 0 Å². The highest BCUT2D eigenvalue weighted by atomic mass is 15.0. The quantitative estimate of drug-likeness (QED) is 0.770. The molecule has 100 valence electrons. The number of unbranched alkanes of at least 4 members (excludes halogenated alkanes) is 1. The molecule has 0 saturated carbocycles. The minimum absolute atomic E-state index is 0.972. The van der Waals surface area contributed by atoms with Gasteiger partial charge in [-0.3, -0.25) is 0 Å². The fourth-order valence-electron chi connectivity index (χ4n) is 2.01. The number of hydrogen-bond acceptors (Lipinski definition) is 3. The lowest BCUT2D eigenvalue weighted by Gasteiger charge is -2.09. The molecule has 0 aliphatic rings. The first-order valence-corrected chi connectivity index (χ1v) is 6.97. The number of hydrogen-bond donors (Lipinski definition) is 1. The summed E-state index contributed by atoms with van der Waals surface area (Å²) in [7, 11) is 0. The van der Waals surface area contributed by atoms with Crippen LogP contribution in [0, 0.1) is 0 Å². The Labute approximate surface area is 115 Å². The summed E-state index contributed by atoms with van der Waals surface area (Å²) < 4.78 is 0. The van der Waals surface area contributed by atoms with Crippen LogP contribution in [0.25, 0.3) is 0 Å². The van der Waals surface area contributed by atoms with Gasteiger partial charge in [-0.2, -0.15) is 0 Å². The molecule has 2 aromatic rings. The van der Waals surface area contributed by atoms with Gasteiger partial charge in [0, 0.05) is 18.3 Å². The first kappa shape index (κ1) is 13.5. The SMILES string of the molecule is CCCCNc1ncncc1CCc1ccccc1. The van der Waals surface area contributed by atoms with Crippen molar-refractivity contribution in [2.45, 2.75) is 32.6 Å². The van der Waals surface area contributed by atoms with Crippen LogP contribution in [0.2, 0.25) is 0 Å². The molecule has 0 aliphatic heterocycles. The number of benzene rings is 1. The normalized spacial score (nSPS) is 10.4. The van der Waals surface area contributed by atoms with E-state index in [1.165, 1.54) is 24.0 Å². The zero-order chi connectivity index (χ0) is 13.3. The molecule has 1 aromatic carbocycles. The maximum absolute atomic E-state index is 4.34. The minimum atomic E-state index is 0.972. The highest BCUT2D eigenvalue weighted by Crippen LogP contribution is 2.13. The van der Waals surface area contributed by atoms with Gasteiger partial charge < -0.3 is 5.32 Å². The predicted molar refractivity (Wildman–Crippen MR) is 79.3 cm³/mol. The average molecular weight is 255 g/mol. The van der Waals surface area contributed by atoms with E-state index in [-0.39, 0.29) is 0 Å². The number of aryl methyl sites for hydroxylation is 2. The first-order valence-electron chi connectivity index (χ1n) is 6.97. The second-order valence-corrected chi connectivity index (χ2v) is 4.66. The summed E-state index contributed by atoms with van der Waals surface area (Å²) in [5.41, 5.74) is 2.55. The molecule has 0 aliphatic carbocycles. The Kier molecular flexibility index (Phi) is 5.35. The largest absolute Gasteiger partial charge is 0.370 e. The van der Waals surface area contributed by atoms with Gasteiger partial charge in [0.2, 0.25) is 0 Å². The summed E-state index contributed by atoms with van der Waals surface area (Å²) >= 11 is 0. The van der Waals surface area contributed by atoms with E-state index in [0.717, 1.165) is 25.2 Å². The Bertz CT molecular complexity index is 482. The topological polar surface area (TPSA) is 37.8 Å². The molecule has 1 heterocycles. The summed E-state index contributed by atoms with van der Waals surface area (Å²) in [5.74, 6) is 0.986. The zero-order valence-electron chi connectivity index (χ0n) is 11.5. The van der Waals surface area contributed by atoms with E-state index in [2.05, 4.69) is 46.5 Å². The van der Waals surface area contributed by atoms with Crippen molar-refractivity contribution in [1.82, 2.24) is 9.97 Å². The second kappa shape index (κ2) is 7.52. The van der Waals surface area contributed by atoms with Crippen LogP contribution in [0.4, 0.5) is 5.82 Å². The highest BCUT2D eigenvalue weighted by molar-refractivity contribution is 5.42. The van der Waals surface area contributed by atoms with Crippen molar-refractivity contribution in [2.75, 3.05) is 11.9 Å². The lowest BCUT2D eigenvalue weighted by Crippen LogP contribution is -2.07. The summed E-state index contributed by atoms with van der Waals surface area (Å²) in [5, 5.41) is 3.40. The molecule has 0 unspecified atom stereocenters. The molecule has 3 heteroatoms. The Morgan fingerprint density at radius 3 is 2.74 bits per heavy atom. The Morgan fingerprint density at radius 2 is 1.95 bits per heavy atom.